The van der Waals surface area contributed by atoms with E-state index in [-0.39, 0.29) is 5.82 Å². The molecule has 1 aromatic rings. The number of rotatable bonds is 3. The molecule has 0 radical (unpaired) electrons. The van der Waals surface area contributed by atoms with E-state index in [0.29, 0.717) is 6.54 Å². The van der Waals surface area contributed by atoms with Crippen molar-refractivity contribution in [3.05, 3.63) is 35.6 Å². The van der Waals surface area contributed by atoms with Crippen LogP contribution in [0.1, 0.15) is 12.5 Å². The zero-order chi connectivity index (χ0) is 12.3. The van der Waals surface area contributed by atoms with Crippen molar-refractivity contribution < 1.29 is 9.50 Å². The first-order valence-electron chi connectivity index (χ1n) is 5.99. The molecule has 2 N–H and O–H groups in total. The predicted octanol–water partition coefficient (Wildman–Crippen LogP) is 0.938. The number of piperazine rings is 1. The maximum Gasteiger partial charge on any atom is 0.123 e. The van der Waals surface area contributed by atoms with Crippen LogP contribution in [0.2, 0.25) is 0 Å². The molecule has 0 aliphatic carbocycles. The van der Waals surface area contributed by atoms with Gasteiger partial charge in [0.25, 0.3) is 0 Å². The van der Waals surface area contributed by atoms with Crippen molar-refractivity contribution >= 4 is 0 Å². The molecule has 4 heteroatoms. The lowest BCUT2D eigenvalue weighted by Crippen LogP contribution is -2.48. The summed E-state index contributed by atoms with van der Waals surface area (Å²) >= 11 is 0. The zero-order valence-corrected chi connectivity index (χ0v) is 10.1. The topological polar surface area (TPSA) is 35.5 Å². The van der Waals surface area contributed by atoms with Gasteiger partial charge in [-0.25, -0.2) is 4.39 Å². The molecule has 3 nitrogen and oxygen atoms in total. The number of nitrogens with one attached hydrogen (secondary N) is 1. The van der Waals surface area contributed by atoms with Crippen molar-refractivity contribution in [2.45, 2.75) is 12.5 Å². The fourth-order valence-electron chi connectivity index (χ4n) is 2.20. The third-order valence-corrected chi connectivity index (χ3v) is 3.21. The normalized spacial score (nSPS) is 21.1. The highest BCUT2D eigenvalue weighted by Crippen LogP contribution is 2.22. The average Bonchev–Trinajstić information content (AvgIpc) is 2.30. The molecule has 1 aliphatic rings. The van der Waals surface area contributed by atoms with Gasteiger partial charge in [-0.2, -0.15) is 0 Å². The lowest BCUT2D eigenvalue weighted by atomic mass is 9.95. The summed E-state index contributed by atoms with van der Waals surface area (Å²) in [7, 11) is 0. The van der Waals surface area contributed by atoms with Crippen LogP contribution in [0.3, 0.4) is 0 Å². The Balaban J connectivity index is 2.04. The molecule has 1 aromatic carbocycles. The van der Waals surface area contributed by atoms with Crippen LogP contribution in [0, 0.1) is 5.82 Å². The van der Waals surface area contributed by atoms with Crippen molar-refractivity contribution in [3.63, 3.8) is 0 Å². The van der Waals surface area contributed by atoms with E-state index >= 15 is 0 Å². The highest BCUT2D eigenvalue weighted by atomic mass is 19.1. The second kappa shape index (κ2) is 5.12. The molecular weight excluding hydrogens is 219 g/mol. The van der Waals surface area contributed by atoms with Crippen LogP contribution < -0.4 is 5.32 Å². The van der Waals surface area contributed by atoms with Gasteiger partial charge >= 0.3 is 0 Å². The molecular formula is C13H19FN2O. The first-order chi connectivity index (χ1) is 8.08. The van der Waals surface area contributed by atoms with E-state index in [1.807, 2.05) is 0 Å². The molecule has 0 bridgehead atoms. The minimum absolute atomic E-state index is 0.272. The summed E-state index contributed by atoms with van der Waals surface area (Å²) in [5.74, 6) is -0.272. The molecule has 1 saturated heterocycles. The molecule has 0 amide bonds. The Morgan fingerprint density at radius 3 is 2.47 bits per heavy atom. The van der Waals surface area contributed by atoms with Gasteiger partial charge in [0.15, 0.2) is 0 Å². The SMILES string of the molecule is CC(O)(CN1CCNCC1)c1ccc(F)cc1. The third kappa shape index (κ3) is 3.25. The standard InChI is InChI=1S/C13H19FN2O/c1-13(17,10-16-8-6-15-7-9-16)11-2-4-12(14)5-3-11/h2-5,15,17H,6-10H2,1H3. The maximum atomic E-state index is 12.8. The average molecular weight is 238 g/mol. The second-order valence-corrected chi connectivity index (χ2v) is 4.81. The molecule has 0 aromatic heterocycles. The Morgan fingerprint density at radius 1 is 1.29 bits per heavy atom. The Kier molecular flexibility index (Phi) is 3.76. The quantitative estimate of drug-likeness (QED) is 0.822. The lowest BCUT2D eigenvalue weighted by molar-refractivity contribution is 0.0125. The molecule has 94 valence electrons. The van der Waals surface area contributed by atoms with Crippen molar-refractivity contribution in [1.29, 1.82) is 0 Å². The number of halogens is 1. The second-order valence-electron chi connectivity index (χ2n) is 4.81. The summed E-state index contributed by atoms with van der Waals surface area (Å²) in [6, 6.07) is 6.08. The van der Waals surface area contributed by atoms with Crippen LogP contribution in [0.4, 0.5) is 4.39 Å². The Morgan fingerprint density at radius 2 is 1.88 bits per heavy atom. The third-order valence-electron chi connectivity index (χ3n) is 3.21. The highest BCUT2D eigenvalue weighted by molar-refractivity contribution is 5.22. The van der Waals surface area contributed by atoms with Crippen molar-refractivity contribution in [2.24, 2.45) is 0 Å². The summed E-state index contributed by atoms with van der Waals surface area (Å²) in [6.45, 7) is 6.16. The number of aliphatic hydroxyl groups is 1. The first-order valence-corrected chi connectivity index (χ1v) is 5.99. The predicted molar refractivity (Wildman–Crippen MR) is 65.3 cm³/mol. The molecule has 1 heterocycles. The molecule has 1 aliphatic heterocycles. The zero-order valence-electron chi connectivity index (χ0n) is 10.1. The van der Waals surface area contributed by atoms with E-state index in [0.717, 1.165) is 31.7 Å². The fourth-order valence-corrected chi connectivity index (χ4v) is 2.20. The van der Waals surface area contributed by atoms with Gasteiger partial charge in [-0.1, -0.05) is 12.1 Å². The summed E-state index contributed by atoms with van der Waals surface area (Å²) in [5.41, 5.74) is -0.164. The highest BCUT2D eigenvalue weighted by Gasteiger charge is 2.26. The molecule has 1 atom stereocenters. The van der Waals surface area contributed by atoms with E-state index < -0.39 is 5.60 Å². The molecule has 1 fully saturated rings. The van der Waals surface area contributed by atoms with Gasteiger partial charge in [0.1, 0.15) is 5.82 Å². The summed E-state index contributed by atoms with van der Waals surface area (Å²) in [5, 5.41) is 13.7. The van der Waals surface area contributed by atoms with Gasteiger partial charge in [-0.3, -0.25) is 4.90 Å². The van der Waals surface area contributed by atoms with E-state index in [2.05, 4.69) is 10.2 Å². The monoisotopic (exact) mass is 238 g/mol. The number of benzene rings is 1. The Hall–Kier alpha value is -0.970. The van der Waals surface area contributed by atoms with Crippen LogP contribution in [-0.2, 0) is 5.60 Å². The van der Waals surface area contributed by atoms with Crippen LogP contribution in [0.25, 0.3) is 0 Å². The summed E-state index contributed by atoms with van der Waals surface area (Å²) in [6.07, 6.45) is 0. The molecule has 17 heavy (non-hydrogen) atoms. The molecule has 2 rings (SSSR count). The smallest absolute Gasteiger partial charge is 0.123 e. The number of hydrogen-bond acceptors (Lipinski definition) is 3. The van der Waals surface area contributed by atoms with Gasteiger partial charge in [-0.05, 0) is 24.6 Å². The fraction of sp³-hybridized carbons (Fsp3) is 0.538. The summed E-state index contributed by atoms with van der Waals surface area (Å²) < 4.78 is 12.8. The van der Waals surface area contributed by atoms with Crippen LogP contribution >= 0.6 is 0 Å². The Bertz CT molecular complexity index is 358. The number of nitrogens with zero attached hydrogens (tertiary/aromatic N) is 1. The minimum Gasteiger partial charge on any atom is -0.384 e. The van der Waals surface area contributed by atoms with Crippen LogP contribution in [-0.4, -0.2) is 42.7 Å². The van der Waals surface area contributed by atoms with Crippen molar-refractivity contribution in [2.75, 3.05) is 32.7 Å². The van der Waals surface area contributed by atoms with E-state index in [9.17, 15) is 9.50 Å². The summed E-state index contributed by atoms with van der Waals surface area (Å²) in [4.78, 5) is 2.22. The van der Waals surface area contributed by atoms with Crippen molar-refractivity contribution in [1.82, 2.24) is 10.2 Å². The van der Waals surface area contributed by atoms with Gasteiger partial charge in [0, 0.05) is 32.7 Å². The minimum atomic E-state index is -0.926. The van der Waals surface area contributed by atoms with Crippen LogP contribution in [0.5, 0.6) is 0 Å². The van der Waals surface area contributed by atoms with E-state index in [1.165, 1.54) is 12.1 Å². The van der Waals surface area contributed by atoms with Gasteiger partial charge in [-0.15, -0.1) is 0 Å². The number of β-amino-alcohol motifs (C(OH)–C–C–N with tert-alkyl or cyclic N) is 1. The van der Waals surface area contributed by atoms with Gasteiger partial charge < -0.3 is 10.4 Å². The largest absolute Gasteiger partial charge is 0.384 e. The van der Waals surface area contributed by atoms with Crippen LogP contribution in [0.15, 0.2) is 24.3 Å². The van der Waals surface area contributed by atoms with Gasteiger partial charge in [0.05, 0.1) is 5.60 Å². The maximum absolute atomic E-state index is 12.8. The lowest BCUT2D eigenvalue weighted by Gasteiger charge is -2.34. The van der Waals surface area contributed by atoms with Gasteiger partial charge in [0.2, 0.25) is 0 Å². The molecule has 1 unspecified atom stereocenters. The van der Waals surface area contributed by atoms with E-state index in [1.54, 1.807) is 19.1 Å². The molecule has 0 saturated carbocycles. The molecule has 0 spiro atoms. The van der Waals surface area contributed by atoms with Crippen molar-refractivity contribution in [3.8, 4) is 0 Å². The first kappa shape index (κ1) is 12.5. The van der Waals surface area contributed by atoms with E-state index in [4.69, 9.17) is 0 Å². The number of hydrogen-bond donors (Lipinski definition) is 2. The Labute approximate surface area is 101 Å².